The predicted molar refractivity (Wildman–Crippen MR) is 130 cm³/mol. The summed E-state index contributed by atoms with van der Waals surface area (Å²) >= 11 is 6.19. The number of hydrogen-bond donors (Lipinski definition) is 1. The molecule has 0 spiro atoms. The highest BCUT2D eigenvalue weighted by Crippen LogP contribution is 2.30. The fourth-order valence-corrected chi connectivity index (χ4v) is 4.11. The fourth-order valence-electron chi connectivity index (χ4n) is 3.94. The van der Waals surface area contributed by atoms with E-state index in [0.717, 1.165) is 39.4 Å². The molecular weight excluding hydrogens is 436 g/mol. The molecule has 0 unspecified atom stereocenters. The second kappa shape index (κ2) is 9.92. The maximum Gasteiger partial charge on any atom is 0.304 e. The molecule has 0 saturated carbocycles. The summed E-state index contributed by atoms with van der Waals surface area (Å²) in [5.41, 5.74) is 5.30. The minimum atomic E-state index is -0.863. The smallest absolute Gasteiger partial charge is 0.304 e. The molecule has 1 aromatic heterocycles. The SMILES string of the molecule is Cc1ccc(Cl)cc1-c1cccc(COc2ccc([C@H](CC(=O)O)c3nccn3C)cc2)c1. The summed E-state index contributed by atoms with van der Waals surface area (Å²) in [6.45, 7) is 2.49. The van der Waals surface area contributed by atoms with Crippen LogP contribution in [0.15, 0.2) is 79.1 Å². The monoisotopic (exact) mass is 460 g/mol. The van der Waals surface area contributed by atoms with Crippen LogP contribution in [0.1, 0.15) is 34.9 Å². The molecule has 1 atom stereocenters. The number of carbonyl (C=O) groups is 1. The minimum Gasteiger partial charge on any atom is -0.489 e. The quantitative estimate of drug-likeness (QED) is 0.338. The Labute approximate surface area is 198 Å². The first-order valence-corrected chi connectivity index (χ1v) is 11.1. The second-order valence-electron chi connectivity index (χ2n) is 8.06. The highest BCUT2D eigenvalue weighted by atomic mass is 35.5. The molecule has 1 heterocycles. The van der Waals surface area contributed by atoms with Gasteiger partial charge in [-0.15, -0.1) is 0 Å². The Hall–Kier alpha value is -3.57. The molecule has 0 radical (unpaired) electrons. The molecule has 33 heavy (non-hydrogen) atoms. The number of rotatable bonds is 8. The Morgan fingerprint density at radius 3 is 2.61 bits per heavy atom. The predicted octanol–water partition coefficient (Wildman–Crippen LogP) is 6.23. The maximum atomic E-state index is 11.4. The number of aryl methyl sites for hydroxylation is 2. The summed E-state index contributed by atoms with van der Waals surface area (Å²) in [5, 5.41) is 10.1. The molecule has 0 saturated heterocycles. The van der Waals surface area contributed by atoms with E-state index in [9.17, 15) is 9.90 Å². The van der Waals surface area contributed by atoms with Crippen molar-refractivity contribution in [3.05, 3.63) is 107 Å². The number of benzene rings is 3. The lowest BCUT2D eigenvalue weighted by molar-refractivity contribution is -0.137. The third-order valence-corrected chi connectivity index (χ3v) is 5.91. The number of carboxylic acid groups (broad SMARTS) is 1. The Morgan fingerprint density at radius 1 is 1.12 bits per heavy atom. The Bertz CT molecular complexity index is 1260. The van der Waals surface area contributed by atoms with Crippen LogP contribution in [0, 0.1) is 6.92 Å². The van der Waals surface area contributed by atoms with Crippen molar-refractivity contribution in [2.45, 2.75) is 25.9 Å². The van der Waals surface area contributed by atoms with Crippen LogP contribution in [0.25, 0.3) is 11.1 Å². The van der Waals surface area contributed by atoms with E-state index < -0.39 is 5.97 Å². The average molecular weight is 461 g/mol. The van der Waals surface area contributed by atoms with Crippen molar-refractivity contribution in [1.29, 1.82) is 0 Å². The molecule has 4 aromatic rings. The molecule has 4 rings (SSSR count). The van der Waals surface area contributed by atoms with Crippen molar-refractivity contribution >= 4 is 17.6 Å². The van der Waals surface area contributed by atoms with Crippen LogP contribution in [0.2, 0.25) is 5.02 Å². The first kappa shape index (κ1) is 22.6. The van der Waals surface area contributed by atoms with Gasteiger partial charge in [-0.1, -0.05) is 48.0 Å². The van der Waals surface area contributed by atoms with Gasteiger partial charge in [-0.05, 0) is 65.1 Å². The molecule has 1 N–H and O–H groups in total. The average Bonchev–Trinajstić information content (AvgIpc) is 3.23. The number of nitrogens with zero attached hydrogens (tertiary/aromatic N) is 2. The lowest BCUT2D eigenvalue weighted by Gasteiger charge is -2.16. The van der Waals surface area contributed by atoms with Crippen LogP contribution in [-0.2, 0) is 18.4 Å². The first-order chi connectivity index (χ1) is 15.9. The Kier molecular flexibility index (Phi) is 6.80. The molecule has 0 fully saturated rings. The third kappa shape index (κ3) is 5.44. The van der Waals surface area contributed by atoms with Gasteiger partial charge in [-0.2, -0.15) is 0 Å². The van der Waals surface area contributed by atoms with Crippen molar-refractivity contribution in [2.75, 3.05) is 0 Å². The van der Waals surface area contributed by atoms with Crippen molar-refractivity contribution in [3.63, 3.8) is 0 Å². The van der Waals surface area contributed by atoms with Gasteiger partial charge in [0.1, 0.15) is 18.2 Å². The van der Waals surface area contributed by atoms with Crippen LogP contribution < -0.4 is 4.74 Å². The van der Waals surface area contributed by atoms with Crippen LogP contribution in [0.3, 0.4) is 0 Å². The van der Waals surface area contributed by atoms with Gasteiger partial charge in [0, 0.05) is 24.5 Å². The number of halogens is 1. The van der Waals surface area contributed by atoms with E-state index in [2.05, 4.69) is 24.0 Å². The Morgan fingerprint density at radius 2 is 1.91 bits per heavy atom. The van der Waals surface area contributed by atoms with Gasteiger partial charge >= 0.3 is 5.97 Å². The molecule has 0 aliphatic rings. The van der Waals surface area contributed by atoms with Gasteiger partial charge in [0.2, 0.25) is 0 Å². The van der Waals surface area contributed by atoms with Crippen molar-refractivity contribution in [1.82, 2.24) is 9.55 Å². The highest BCUT2D eigenvalue weighted by Gasteiger charge is 2.21. The number of aliphatic carboxylic acids is 1. The largest absolute Gasteiger partial charge is 0.489 e. The van der Waals surface area contributed by atoms with Gasteiger partial charge in [0.05, 0.1) is 12.3 Å². The zero-order valence-corrected chi connectivity index (χ0v) is 19.3. The zero-order valence-electron chi connectivity index (χ0n) is 18.5. The molecule has 3 aromatic carbocycles. The van der Waals surface area contributed by atoms with E-state index in [1.165, 1.54) is 0 Å². The van der Waals surface area contributed by atoms with Gasteiger partial charge in [0.15, 0.2) is 0 Å². The van der Waals surface area contributed by atoms with Gasteiger partial charge < -0.3 is 14.4 Å². The summed E-state index contributed by atoms with van der Waals surface area (Å²) in [5.74, 6) is 0.253. The third-order valence-electron chi connectivity index (χ3n) is 5.67. The standard InChI is InChI=1S/C27H25ClN2O3/c1-18-6-9-22(28)15-24(18)21-5-3-4-19(14-21)17-33-23-10-7-20(8-11-23)25(16-26(31)32)27-29-12-13-30(27)2/h3-15,25H,16-17H2,1-2H3,(H,31,32)/t25-/m0/s1. The molecule has 0 bridgehead atoms. The van der Waals surface area contributed by atoms with Gasteiger partial charge in [0.25, 0.3) is 0 Å². The van der Waals surface area contributed by atoms with E-state index >= 15 is 0 Å². The fraction of sp³-hybridized carbons (Fsp3) is 0.185. The van der Waals surface area contributed by atoms with Gasteiger partial charge in [-0.3, -0.25) is 4.79 Å². The number of carboxylic acids is 1. The summed E-state index contributed by atoms with van der Waals surface area (Å²) in [7, 11) is 1.87. The first-order valence-electron chi connectivity index (χ1n) is 10.7. The molecule has 0 aliphatic carbocycles. The number of aromatic nitrogens is 2. The molecule has 168 valence electrons. The summed E-state index contributed by atoms with van der Waals surface area (Å²) in [4.78, 5) is 15.8. The lowest BCUT2D eigenvalue weighted by Crippen LogP contribution is -2.12. The summed E-state index contributed by atoms with van der Waals surface area (Å²) < 4.78 is 7.86. The van der Waals surface area contributed by atoms with Crippen LogP contribution in [0.4, 0.5) is 0 Å². The summed E-state index contributed by atoms with van der Waals surface area (Å²) in [6.07, 6.45) is 3.47. The Balaban J connectivity index is 1.48. The van der Waals surface area contributed by atoms with E-state index in [-0.39, 0.29) is 12.3 Å². The number of imidazole rings is 1. The topological polar surface area (TPSA) is 64.3 Å². The van der Waals surface area contributed by atoms with Crippen LogP contribution >= 0.6 is 11.6 Å². The van der Waals surface area contributed by atoms with Crippen molar-refractivity contribution in [2.24, 2.45) is 7.05 Å². The minimum absolute atomic E-state index is 0.0270. The molecule has 5 nitrogen and oxygen atoms in total. The van der Waals surface area contributed by atoms with E-state index in [4.69, 9.17) is 16.3 Å². The van der Waals surface area contributed by atoms with Crippen molar-refractivity contribution < 1.29 is 14.6 Å². The lowest BCUT2D eigenvalue weighted by atomic mass is 9.94. The summed E-state index contributed by atoms with van der Waals surface area (Å²) in [6, 6.07) is 21.7. The van der Waals surface area contributed by atoms with E-state index in [1.54, 1.807) is 6.20 Å². The number of ether oxygens (including phenoxy) is 1. The van der Waals surface area contributed by atoms with E-state index in [0.29, 0.717) is 11.6 Å². The van der Waals surface area contributed by atoms with Gasteiger partial charge in [-0.25, -0.2) is 4.98 Å². The highest BCUT2D eigenvalue weighted by molar-refractivity contribution is 6.30. The number of hydrogen-bond acceptors (Lipinski definition) is 3. The normalized spacial score (nSPS) is 11.8. The van der Waals surface area contributed by atoms with Crippen LogP contribution in [0.5, 0.6) is 5.75 Å². The van der Waals surface area contributed by atoms with E-state index in [1.807, 2.05) is 72.4 Å². The van der Waals surface area contributed by atoms with Crippen LogP contribution in [-0.4, -0.2) is 20.6 Å². The van der Waals surface area contributed by atoms with Crippen molar-refractivity contribution in [3.8, 4) is 16.9 Å². The maximum absolute atomic E-state index is 11.4. The zero-order chi connectivity index (χ0) is 23.4. The molecule has 0 aliphatic heterocycles. The second-order valence-corrected chi connectivity index (χ2v) is 8.50. The molecule has 0 amide bonds. The molecular formula is C27H25ClN2O3. The molecule has 6 heteroatoms.